The van der Waals surface area contributed by atoms with Crippen molar-refractivity contribution >= 4 is 38.9 Å². The molecule has 2 rings (SSSR count). The Morgan fingerprint density at radius 2 is 2.14 bits per heavy atom. The first-order valence-corrected chi connectivity index (χ1v) is 10.2. The van der Waals surface area contributed by atoms with Gasteiger partial charge >= 0.3 is 0 Å². The van der Waals surface area contributed by atoms with E-state index in [2.05, 4.69) is 9.71 Å². The highest BCUT2D eigenvalue weighted by Gasteiger charge is 2.10. The van der Waals surface area contributed by atoms with Gasteiger partial charge in [-0.3, -0.25) is 4.79 Å². The summed E-state index contributed by atoms with van der Waals surface area (Å²) in [6.07, 6.45) is 3.41. The van der Waals surface area contributed by atoms with E-state index in [0.29, 0.717) is 23.6 Å². The van der Waals surface area contributed by atoms with Crippen LogP contribution in [0.3, 0.4) is 0 Å². The molecule has 0 atom stereocenters. The first kappa shape index (κ1) is 17.1. The van der Waals surface area contributed by atoms with Crippen LogP contribution < -0.4 is 4.72 Å². The van der Waals surface area contributed by atoms with Crippen LogP contribution in [0.25, 0.3) is 0 Å². The quantitative estimate of drug-likeness (QED) is 0.580. The zero-order valence-corrected chi connectivity index (χ0v) is 14.4. The number of thioether (sulfide) groups is 1. The zero-order chi connectivity index (χ0) is 16.0. The van der Waals surface area contributed by atoms with Crippen molar-refractivity contribution in [1.82, 2.24) is 9.71 Å². The van der Waals surface area contributed by atoms with Gasteiger partial charge in [0.05, 0.1) is 21.9 Å². The molecule has 0 saturated carbocycles. The summed E-state index contributed by atoms with van der Waals surface area (Å²) in [6, 6.07) is 9.25. The summed E-state index contributed by atoms with van der Waals surface area (Å²) in [6.45, 7) is 0.343. The molecule has 0 amide bonds. The summed E-state index contributed by atoms with van der Waals surface area (Å²) in [5.74, 6) is 0.404. The van der Waals surface area contributed by atoms with E-state index in [1.54, 1.807) is 12.3 Å². The van der Waals surface area contributed by atoms with E-state index in [0.717, 1.165) is 16.2 Å². The van der Waals surface area contributed by atoms with Gasteiger partial charge in [0.15, 0.2) is 5.78 Å². The average Bonchev–Trinajstić information content (AvgIpc) is 2.93. The number of carbonyl (C=O) groups excluding carboxylic acids is 1. The molecule has 8 heteroatoms. The van der Waals surface area contributed by atoms with E-state index < -0.39 is 10.0 Å². The molecular weight excluding hydrogens is 340 g/mol. The van der Waals surface area contributed by atoms with Crippen molar-refractivity contribution in [2.75, 3.05) is 18.6 Å². The second-order valence-corrected chi connectivity index (χ2v) is 8.56. The van der Waals surface area contributed by atoms with E-state index >= 15 is 0 Å². The topological polar surface area (TPSA) is 76.1 Å². The Labute approximate surface area is 138 Å². The standard InChI is InChI=1S/C14H16N2O3S3/c1-22(18,19)16-9-7-11-5-6-13(21-11)12(17)10-20-14-4-2-3-8-15-14/h2-6,8,16H,7,9-10H2,1H3. The third-order valence-corrected chi connectivity index (χ3v) is 5.52. The van der Waals surface area contributed by atoms with Gasteiger partial charge in [-0.2, -0.15) is 0 Å². The molecule has 0 unspecified atom stereocenters. The lowest BCUT2D eigenvalue weighted by atomic mass is 10.3. The summed E-state index contributed by atoms with van der Waals surface area (Å²) in [5.41, 5.74) is 0. The van der Waals surface area contributed by atoms with Crippen LogP contribution in [0.1, 0.15) is 14.5 Å². The van der Waals surface area contributed by atoms with Crippen molar-refractivity contribution in [2.24, 2.45) is 0 Å². The number of hydrogen-bond acceptors (Lipinski definition) is 6. The molecule has 0 fully saturated rings. The van der Waals surface area contributed by atoms with Gasteiger partial charge in [-0.1, -0.05) is 17.8 Å². The van der Waals surface area contributed by atoms with Gasteiger partial charge in [-0.15, -0.1) is 11.3 Å². The molecule has 2 aromatic heterocycles. The lowest BCUT2D eigenvalue weighted by molar-refractivity contribution is 0.102. The van der Waals surface area contributed by atoms with Crippen LogP contribution in [0.4, 0.5) is 0 Å². The largest absolute Gasteiger partial charge is 0.292 e. The molecule has 118 valence electrons. The van der Waals surface area contributed by atoms with E-state index in [4.69, 9.17) is 0 Å². The molecule has 0 aliphatic rings. The highest BCUT2D eigenvalue weighted by Crippen LogP contribution is 2.21. The predicted molar refractivity (Wildman–Crippen MR) is 90.2 cm³/mol. The highest BCUT2D eigenvalue weighted by molar-refractivity contribution is 8.00. The van der Waals surface area contributed by atoms with Crippen molar-refractivity contribution in [3.63, 3.8) is 0 Å². The number of nitrogens with zero attached hydrogens (tertiary/aromatic N) is 1. The molecule has 0 saturated heterocycles. The van der Waals surface area contributed by atoms with Crippen molar-refractivity contribution in [3.05, 3.63) is 46.3 Å². The fourth-order valence-electron chi connectivity index (χ4n) is 1.66. The van der Waals surface area contributed by atoms with Gasteiger partial charge in [-0.05, 0) is 30.7 Å². The number of carbonyl (C=O) groups is 1. The maximum Gasteiger partial charge on any atom is 0.208 e. The number of hydrogen-bond donors (Lipinski definition) is 1. The van der Waals surface area contributed by atoms with Crippen molar-refractivity contribution in [3.8, 4) is 0 Å². The predicted octanol–water partition coefficient (Wildman–Crippen LogP) is 2.21. The molecule has 0 aliphatic heterocycles. The SMILES string of the molecule is CS(=O)(=O)NCCc1ccc(C(=O)CSc2ccccn2)s1. The second-order valence-electron chi connectivity index (χ2n) is 4.56. The fourth-order valence-corrected chi connectivity index (χ4v) is 3.92. The Bertz CT molecular complexity index is 727. The molecule has 5 nitrogen and oxygen atoms in total. The van der Waals surface area contributed by atoms with Crippen LogP contribution in [-0.4, -0.2) is 37.7 Å². The lowest BCUT2D eigenvalue weighted by Crippen LogP contribution is -2.23. The first-order valence-electron chi connectivity index (χ1n) is 6.54. The summed E-state index contributed by atoms with van der Waals surface area (Å²) >= 11 is 2.82. The van der Waals surface area contributed by atoms with Crippen LogP contribution in [0, 0.1) is 0 Å². The average molecular weight is 356 g/mol. The van der Waals surface area contributed by atoms with Gasteiger partial charge in [0.1, 0.15) is 0 Å². The number of nitrogens with one attached hydrogen (secondary N) is 1. The molecule has 0 aromatic carbocycles. The van der Waals surface area contributed by atoms with E-state index in [9.17, 15) is 13.2 Å². The summed E-state index contributed by atoms with van der Waals surface area (Å²) in [5, 5.41) is 0.824. The molecule has 0 spiro atoms. The van der Waals surface area contributed by atoms with Gasteiger partial charge in [0.25, 0.3) is 0 Å². The Kier molecular flexibility index (Phi) is 6.13. The van der Waals surface area contributed by atoms with Gasteiger partial charge in [-0.25, -0.2) is 18.1 Å². The molecule has 0 bridgehead atoms. The van der Waals surface area contributed by atoms with Gasteiger partial charge in [0.2, 0.25) is 10.0 Å². The minimum absolute atomic E-state index is 0.0583. The minimum atomic E-state index is -3.17. The summed E-state index contributed by atoms with van der Waals surface area (Å²) < 4.78 is 24.4. The van der Waals surface area contributed by atoms with Gasteiger partial charge in [0, 0.05) is 17.6 Å². The number of pyridine rings is 1. The fraction of sp³-hybridized carbons (Fsp3) is 0.286. The third-order valence-electron chi connectivity index (χ3n) is 2.66. The maximum absolute atomic E-state index is 12.1. The van der Waals surface area contributed by atoms with Crippen molar-refractivity contribution in [2.45, 2.75) is 11.4 Å². The monoisotopic (exact) mass is 356 g/mol. The van der Waals surface area contributed by atoms with E-state index in [1.165, 1.54) is 23.1 Å². The Morgan fingerprint density at radius 1 is 1.32 bits per heavy atom. The molecule has 0 aliphatic carbocycles. The second kappa shape index (κ2) is 7.87. The maximum atomic E-state index is 12.1. The van der Waals surface area contributed by atoms with Crippen LogP contribution >= 0.6 is 23.1 Å². The third kappa shape index (κ3) is 5.88. The van der Waals surface area contributed by atoms with E-state index in [1.807, 2.05) is 24.3 Å². The van der Waals surface area contributed by atoms with E-state index in [-0.39, 0.29) is 5.78 Å². The summed E-state index contributed by atoms with van der Waals surface area (Å²) in [4.78, 5) is 18.0. The molecule has 1 N–H and O–H groups in total. The van der Waals surface area contributed by atoms with Crippen LogP contribution in [0.15, 0.2) is 41.6 Å². The van der Waals surface area contributed by atoms with Crippen molar-refractivity contribution in [1.29, 1.82) is 0 Å². The minimum Gasteiger partial charge on any atom is -0.292 e. The van der Waals surface area contributed by atoms with Crippen molar-refractivity contribution < 1.29 is 13.2 Å². The van der Waals surface area contributed by atoms with Crippen LogP contribution in [0.5, 0.6) is 0 Å². The lowest BCUT2D eigenvalue weighted by Gasteiger charge is -2.00. The Hall–Kier alpha value is -1.22. The number of aromatic nitrogens is 1. The Morgan fingerprint density at radius 3 is 2.82 bits per heavy atom. The smallest absolute Gasteiger partial charge is 0.208 e. The first-order chi connectivity index (χ1) is 10.4. The number of rotatable bonds is 8. The van der Waals surface area contributed by atoms with Crippen LogP contribution in [0.2, 0.25) is 0 Å². The Balaban J connectivity index is 1.84. The number of ketones is 1. The summed E-state index contributed by atoms with van der Waals surface area (Å²) in [7, 11) is -3.17. The van der Waals surface area contributed by atoms with Crippen LogP contribution in [-0.2, 0) is 16.4 Å². The molecule has 0 radical (unpaired) electrons. The highest BCUT2D eigenvalue weighted by atomic mass is 32.2. The zero-order valence-electron chi connectivity index (χ0n) is 12.0. The molecule has 2 aromatic rings. The number of thiophene rings is 1. The normalized spacial score (nSPS) is 11.5. The number of Topliss-reactive ketones (excluding diaryl/α,β-unsaturated/α-hetero) is 1. The number of sulfonamides is 1. The van der Waals surface area contributed by atoms with Gasteiger partial charge < -0.3 is 0 Å². The molecular formula is C14H16N2O3S3. The molecule has 2 heterocycles. The molecule has 22 heavy (non-hydrogen) atoms.